The molecule has 0 radical (unpaired) electrons. The van der Waals surface area contributed by atoms with Crippen molar-refractivity contribution >= 4 is 28.9 Å². The van der Waals surface area contributed by atoms with Gasteiger partial charge in [0.25, 0.3) is 5.69 Å². The van der Waals surface area contributed by atoms with Crippen LogP contribution in [0, 0.1) is 27.4 Å². The van der Waals surface area contributed by atoms with E-state index in [1.807, 2.05) is 0 Å². The van der Waals surface area contributed by atoms with Gasteiger partial charge >= 0.3 is 0 Å². The second-order valence-corrected chi connectivity index (χ2v) is 7.39. The molecule has 8 heteroatoms. The van der Waals surface area contributed by atoms with E-state index in [9.17, 15) is 20.2 Å². The van der Waals surface area contributed by atoms with E-state index in [0.717, 1.165) is 11.1 Å². The lowest BCUT2D eigenvalue weighted by molar-refractivity contribution is -0.384. The van der Waals surface area contributed by atoms with Gasteiger partial charge in [0.15, 0.2) is 0 Å². The van der Waals surface area contributed by atoms with Crippen LogP contribution in [-0.4, -0.2) is 16.4 Å². The Hall–Kier alpha value is -3.18. The number of nitriles is 1. The van der Waals surface area contributed by atoms with Crippen LogP contribution in [0.5, 0.6) is 0 Å². The Bertz CT molecular complexity index is 1020. The Morgan fingerprint density at radius 2 is 2.21 bits per heavy atom. The molecule has 1 aromatic heterocycles. The van der Waals surface area contributed by atoms with E-state index >= 15 is 0 Å². The van der Waals surface area contributed by atoms with Crippen LogP contribution in [0.15, 0.2) is 62.9 Å². The third kappa shape index (κ3) is 3.89. The highest BCUT2D eigenvalue weighted by atomic mass is 32.2. The van der Waals surface area contributed by atoms with Gasteiger partial charge in [-0.05, 0) is 31.0 Å². The molecule has 7 nitrogen and oxygen atoms in total. The largest absolute Gasteiger partial charge is 0.472 e. The first-order valence-corrected chi connectivity index (χ1v) is 9.49. The number of nitro benzene ring substituents is 1. The number of nitrogens with zero attached hydrogens (tertiary/aromatic N) is 3. The summed E-state index contributed by atoms with van der Waals surface area (Å²) in [6, 6.07) is 10.3. The fraction of sp³-hybridized carbons (Fsp3) is 0.250. The quantitative estimate of drug-likeness (QED) is 0.521. The Kier molecular flexibility index (Phi) is 5.76. The molecule has 1 unspecified atom stereocenters. The number of non-ortho nitro benzene ring substituents is 1. The predicted octanol–water partition coefficient (Wildman–Crippen LogP) is 4.62. The van der Waals surface area contributed by atoms with Crippen molar-refractivity contribution in [3.05, 3.63) is 74.7 Å². The summed E-state index contributed by atoms with van der Waals surface area (Å²) in [5, 5.41) is 21.3. The number of hydrogen-bond acceptors (Lipinski definition) is 7. The second kappa shape index (κ2) is 8.23. The number of aliphatic imine (C=N–C) groups is 1. The van der Waals surface area contributed by atoms with Crippen molar-refractivity contribution in [3.63, 3.8) is 0 Å². The van der Waals surface area contributed by atoms with E-state index in [0.29, 0.717) is 22.1 Å². The molecule has 2 aromatic rings. The molecule has 142 valence electrons. The lowest BCUT2D eigenvalue weighted by Crippen LogP contribution is -2.31. The van der Waals surface area contributed by atoms with Gasteiger partial charge in [0.05, 0.1) is 35.0 Å². The summed E-state index contributed by atoms with van der Waals surface area (Å²) in [4.78, 5) is 27.3. The van der Waals surface area contributed by atoms with Gasteiger partial charge in [-0.1, -0.05) is 12.1 Å². The van der Waals surface area contributed by atoms with Crippen molar-refractivity contribution in [1.82, 2.24) is 0 Å². The maximum absolute atomic E-state index is 12.2. The Morgan fingerprint density at radius 3 is 2.82 bits per heavy atom. The zero-order valence-corrected chi connectivity index (χ0v) is 16.1. The van der Waals surface area contributed by atoms with Crippen molar-refractivity contribution in [1.29, 1.82) is 5.26 Å². The highest BCUT2D eigenvalue weighted by molar-refractivity contribution is 8.02. The highest BCUT2D eigenvalue weighted by Crippen LogP contribution is 2.43. The molecule has 0 saturated carbocycles. The summed E-state index contributed by atoms with van der Waals surface area (Å²) in [7, 11) is 0. The van der Waals surface area contributed by atoms with Gasteiger partial charge in [-0.15, -0.1) is 11.8 Å². The molecule has 2 heterocycles. The zero-order valence-electron chi connectivity index (χ0n) is 15.3. The molecule has 0 amide bonds. The molecule has 0 fully saturated rings. The van der Waals surface area contributed by atoms with Crippen LogP contribution in [-0.2, 0) is 10.5 Å². The van der Waals surface area contributed by atoms with Crippen LogP contribution >= 0.6 is 11.8 Å². The highest BCUT2D eigenvalue weighted by Gasteiger charge is 2.38. The smallest absolute Gasteiger partial charge is 0.269 e. The number of allylic oxidation sites excluding steroid dienone is 1. The number of carbonyl (C=O) groups is 1. The van der Waals surface area contributed by atoms with Crippen LogP contribution in [0.4, 0.5) is 5.69 Å². The van der Waals surface area contributed by atoms with E-state index in [-0.39, 0.29) is 11.5 Å². The van der Waals surface area contributed by atoms with E-state index in [4.69, 9.17) is 4.42 Å². The first-order valence-electron chi connectivity index (χ1n) is 8.50. The third-order valence-electron chi connectivity index (χ3n) is 4.56. The fourth-order valence-corrected chi connectivity index (χ4v) is 4.33. The Morgan fingerprint density at radius 1 is 1.43 bits per heavy atom. The Balaban J connectivity index is 1.95. The summed E-state index contributed by atoms with van der Waals surface area (Å²) in [6.45, 7) is 3.27. The van der Waals surface area contributed by atoms with E-state index < -0.39 is 16.8 Å². The number of hydrogen-bond donors (Lipinski definition) is 0. The maximum Gasteiger partial charge on any atom is 0.269 e. The number of thioether (sulfide) groups is 1. The molecule has 1 aromatic carbocycles. The molecular formula is C20H17N3O4S. The average molecular weight is 395 g/mol. The molecule has 1 aliphatic heterocycles. The second-order valence-electron chi connectivity index (χ2n) is 6.42. The number of rotatable bonds is 6. The molecule has 3 rings (SSSR count). The number of ketones is 1. The van der Waals surface area contributed by atoms with Crippen LogP contribution in [0.1, 0.15) is 30.9 Å². The monoisotopic (exact) mass is 395 g/mol. The fourth-order valence-electron chi connectivity index (χ4n) is 3.31. The van der Waals surface area contributed by atoms with Gasteiger partial charge in [-0.25, -0.2) is 4.99 Å². The first kappa shape index (κ1) is 19.6. The number of nitro groups is 1. The average Bonchev–Trinajstić information content (AvgIpc) is 3.20. The van der Waals surface area contributed by atoms with Crippen molar-refractivity contribution < 1.29 is 14.1 Å². The van der Waals surface area contributed by atoms with E-state index in [2.05, 4.69) is 11.1 Å². The lowest BCUT2D eigenvalue weighted by Gasteiger charge is -2.29. The SMILES string of the molecule is CC(=O)C1C(C)=NC(SCc2cccc([N+](=O)[O-])c2)=C(C#N)[C@@H]1c1ccoc1. The topological polar surface area (TPSA) is 109 Å². The lowest BCUT2D eigenvalue weighted by atomic mass is 9.76. The van der Waals surface area contributed by atoms with Crippen molar-refractivity contribution in [2.75, 3.05) is 0 Å². The zero-order chi connectivity index (χ0) is 20.3. The van der Waals surface area contributed by atoms with Gasteiger partial charge in [-0.3, -0.25) is 14.9 Å². The van der Waals surface area contributed by atoms with Gasteiger partial charge in [-0.2, -0.15) is 5.26 Å². The number of Topliss-reactive ketones (excluding diaryl/α,β-unsaturated/α-hetero) is 1. The summed E-state index contributed by atoms with van der Waals surface area (Å²) in [5.41, 5.74) is 2.57. The van der Waals surface area contributed by atoms with E-state index in [1.165, 1.54) is 37.1 Å². The normalized spacial score (nSPS) is 19.1. The van der Waals surface area contributed by atoms with Gasteiger partial charge < -0.3 is 4.42 Å². The predicted molar refractivity (Wildman–Crippen MR) is 106 cm³/mol. The first-order chi connectivity index (χ1) is 13.4. The molecule has 28 heavy (non-hydrogen) atoms. The number of benzene rings is 1. The summed E-state index contributed by atoms with van der Waals surface area (Å²) in [5.74, 6) is -0.620. The van der Waals surface area contributed by atoms with Crippen LogP contribution in [0.3, 0.4) is 0 Å². The van der Waals surface area contributed by atoms with Crippen LogP contribution in [0.25, 0.3) is 0 Å². The summed E-state index contributed by atoms with van der Waals surface area (Å²) >= 11 is 1.33. The van der Waals surface area contributed by atoms with Crippen molar-refractivity contribution in [2.45, 2.75) is 25.5 Å². The minimum Gasteiger partial charge on any atom is -0.472 e. The van der Waals surface area contributed by atoms with Gasteiger partial charge in [0.1, 0.15) is 10.8 Å². The Labute approximate surface area is 165 Å². The molecule has 0 N–H and O–H groups in total. The summed E-state index contributed by atoms with van der Waals surface area (Å²) in [6.07, 6.45) is 3.05. The molecule has 0 bridgehead atoms. The minimum atomic E-state index is -0.519. The van der Waals surface area contributed by atoms with Gasteiger partial charge in [0, 0.05) is 29.5 Å². The van der Waals surface area contributed by atoms with Crippen molar-refractivity contribution in [3.8, 4) is 6.07 Å². The molecular weight excluding hydrogens is 378 g/mol. The van der Waals surface area contributed by atoms with Crippen molar-refractivity contribution in [2.24, 2.45) is 10.9 Å². The van der Waals surface area contributed by atoms with Gasteiger partial charge in [0.2, 0.25) is 0 Å². The number of furan rings is 1. The third-order valence-corrected chi connectivity index (χ3v) is 5.62. The standard InChI is InChI=1S/C20H17N3O4S/c1-12-18(13(2)24)19(15-6-7-27-10-15)17(9-21)20(22-12)28-11-14-4-3-5-16(8-14)23(25)26/h3-8,10,18-19H,11H2,1-2H3/t18?,19-/m0/s1. The molecule has 0 saturated heterocycles. The molecule has 0 spiro atoms. The maximum atomic E-state index is 12.2. The summed E-state index contributed by atoms with van der Waals surface area (Å²) < 4.78 is 5.17. The molecule has 1 aliphatic rings. The molecule has 2 atom stereocenters. The number of carbonyl (C=O) groups excluding carboxylic acids is 1. The van der Waals surface area contributed by atoms with Crippen LogP contribution < -0.4 is 0 Å². The molecule has 0 aliphatic carbocycles. The minimum absolute atomic E-state index is 0.0174. The van der Waals surface area contributed by atoms with E-state index in [1.54, 1.807) is 31.4 Å². The van der Waals surface area contributed by atoms with Crippen LogP contribution in [0.2, 0.25) is 0 Å².